The monoisotopic (exact) mass is 226 g/mol. The van der Waals surface area contributed by atoms with Crippen LogP contribution >= 0.6 is 0 Å². The first kappa shape index (κ1) is 12.7. The molecule has 1 aliphatic carbocycles. The van der Waals surface area contributed by atoms with E-state index in [0.29, 0.717) is 31.6 Å². The van der Waals surface area contributed by atoms with Crippen LogP contribution in [0.2, 0.25) is 0 Å². The second-order valence-corrected chi connectivity index (χ2v) is 3.72. The summed E-state index contributed by atoms with van der Waals surface area (Å²) in [6.07, 6.45) is 3.72. The van der Waals surface area contributed by atoms with Crippen LogP contribution in [0.25, 0.3) is 0 Å². The Balaban J connectivity index is 2.43. The van der Waals surface area contributed by atoms with E-state index in [1.54, 1.807) is 13.8 Å². The van der Waals surface area contributed by atoms with Gasteiger partial charge in [-0.15, -0.1) is 0 Å². The summed E-state index contributed by atoms with van der Waals surface area (Å²) in [7, 11) is 0. The zero-order chi connectivity index (χ0) is 12.0. The van der Waals surface area contributed by atoms with Crippen molar-refractivity contribution in [2.24, 2.45) is 5.92 Å². The van der Waals surface area contributed by atoms with Crippen molar-refractivity contribution in [1.29, 1.82) is 0 Å². The minimum Gasteiger partial charge on any atom is -0.466 e. The fourth-order valence-electron chi connectivity index (χ4n) is 1.78. The van der Waals surface area contributed by atoms with E-state index in [1.165, 1.54) is 0 Å². The predicted molar refractivity (Wildman–Crippen MR) is 58.7 cm³/mol. The highest BCUT2D eigenvalue weighted by molar-refractivity contribution is 5.89. The molecule has 0 aromatic heterocycles. The van der Waals surface area contributed by atoms with Crippen molar-refractivity contribution < 1.29 is 19.1 Å². The zero-order valence-electron chi connectivity index (χ0n) is 9.82. The average molecular weight is 226 g/mol. The molecule has 0 aromatic rings. The van der Waals surface area contributed by atoms with Gasteiger partial charge in [0.25, 0.3) is 0 Å². The highest BCUT2D eigenvalue weighted by Crippen LogP contribution is 2.27. The van der Waals surface area contributed by atoms with Gasteiger partial charge >= 0.3 is 11.9 Å². The Labute approximate surface area is 95.6 Å². The third-order valence-electron chi connectivity index (χ3n) is 2.49. The van der Waals surface area contributed by atoms with E-state index in [0.717, 1.165) is 6.42 Å². The van der Waals surface area contributed by atoms with E-state index >= 15 is 0 Å². The molecule has 16 heavy (non-hydrogen) atoms. The maximum atomic E-state index is 11.4. The molecule has 90 valence electrons. The third kappa shape index (κ3) is 3.68. The quantitative estimate of drug-likeness (QED) is 0.671. The minimum absolute atomic E-state index is 0.124. The summed E-state index contributed by atoms with van der Waals surface area (Å²) < 4.78 is 9.77. The molecular weight excluding hydrogens is 208 g/mol. The molecule has 0 N–H and O–H groups in total. The molecule has 0 heterocycles. The normalized spacial score (nSPS) is 19.1. The van der Waals surface area contributed by atoms with Gasteiger partial charge in [-0.25, -0.2) is 4.79 Å². The van der Waals surface area contributed by atoms with E-state index in [1.807, 2.05) is 6.08 Å². The SMILES string of the molecule is CCOC(=O)C[C@H]1C=C(C(=O)OCC)CC1. The number of hydrogen-bond acceptors (Lipinski definition) is 4. The molecule has 0 aromatic carbocycles. The molecule has 0 spiro atoms. The number of rotatable bonds is 5. The van der Waals surface area contributed by atoms with Gasteiger partial charge in [0.2, 0.25) is 0 Å². The predicted octanol–water partition coefficient (Wildman–Crippen LogP) is 1.84. The van der Waals surface area contributed by atoms with E-state index < -0.39 is 0 Å². The Hall–Kier alpha value is -1.32. The summed E-state index contributed by atoms with van der Waals surface area (Å²) >= 11 is 0. The van der Waals surface area contributed by atoms with Crippen molar-refractivity contribution in [2.45, 2.75) is 33.1 Å². The Morgan fingerprint density at radius 3 is 2.62 bits per heavy atom. The molecule has 4 heteroatoms. The van der Waals surface area contributed by atoms with E-state index in [2.05, 4.69) is 0 Å². The molecule has 1 aliphatic rings. The fourth-order valence-corrected chi connectivity index (χ4v) is 1.78. The van der Waals surface area contributed by atoms with Gasteiger partial charge in [0, 0.05) is 5.57 Å². The third-order valence-corrected chi connectivity index (χ3v) is 2.49. The van der Waals surface area contributed by atoms with Crippen LogP contribution in [0.4, 0.5) is 0 Å². The van der Waals surface area contributed by atoms with Gasteiger partial charge in [0.1, 0.15) is 0 Å². The molecule has 1 rings (SSSR count). The van der Waals surface area contributed by atoms with E-state index in [4.69, 9.17) is 9.47 Å². The fraction of sp³-hybridized carbons (Fsp3) is 0.667. The number of esters is 2. The summed E-state index contributed by atoms with van der Waals surface area (Å²) in [5.41, 5.74) is 0.691. The largest absolute Gasteiger partial charge is 0.466 e. The first-order chi connectivity index (χ1) is 7.67. The van der Waals surface area contributed by atoms with E-state index in [9.17, 15) is 9.59 Å². The van der Waals surface area contributed by atoms with Gasteiger partial charge in [0.05, 0.1) is 19.6 Å². The number of hydrogen-bond donors (Lipinski definition) is 0. The first-order valence-electron chi connectivity index (χ1n) is 5.70. The maximum Gasteiger partial charge on any atom is 0.333 e. The van der Waals surface area contributed by atoms with Crippen LogP contribution in [0.15, 0.2) is 11.6 Å². The summed E-state index contributed by atoms with van der Waals surface area (Å²) in [6, 6.07) is 0. The molecule has 0 bridgehead atoms. The molecule has 0 radical (unpaired) electrons. The Bertz CT molecular complexity index is 293. The number of allylic oxidation sites excluding steroid dienone is 1. The Kier molecular flexibility index (Phi) is 5.02. The first-order valence-corrected chi connectivity index (χ1v) is 5.70. The highest BCUT2D eigenvalue weighted by Gasteiger charge is 2.23. The topological polar surface area (TPSA) is 52.6 Å². The van der Waals surface area contributed by atoms with Crippen LogP contribution in [0.5, 0.6) is 0 Å². The zero-order valence-corrected chi connectivity index (χ0v) is 9.82. The Morgan fingerprint density at radius 2 is 2.00 bits per heavy atom. The summed E-state index contributed by atoms with van der Waals surface area (Å²) in [5.74, 6) is -0.332. The van der Waals surface area contributed by atoms with Gasteiger partial charge in [-0.3, -0.25) is 4.79 Å². The number of carbonyl (C=O) groups excluding carboxylic acids is 2. The van der Waals surface area contributed by atoms with Gasteiger partial charge < -0.3 is 9.47 Å². The van der Waals surface area contributed by atoms with Gasteiger partial charge in [0.15, 0.2) is 0 Å². The van der Waals surface area contributed by atoms with Crippen molar-refractivity contribution in [1.82, 2.24) is 0 Å². The molecule has 1 atom stereocenters. The van der Waals surface area contributed by atoms with Crippen molar-refractivity contribution in [3.8, 4) is 0 Å². The van der Waals surface area contributed by atoms with Crippen molar-refractivity contribution >= 4 is 11.9 Å². The molecule has 0 saturated heterocycles. The minimum atomic E-state index is -0.256. The smallest absolute Gasteiger partial charge is 0.333 e. The van der Waals surface area contributed by atoms with Crippen LogP contribution in [-0.4, -0.2) is 25.2 Å². The van der Waals surface area contributed by atoms with E-state index in [-0.39, 0.29) is 17.9 Å². The molecule has 0 fully saturated rings. The van der Waals surface area contributed by atoms with Crippen LogP contribution in [0.1, 0.15) is 33.1 Å². The number of carbonyl (C=O) groups is 2. The Morgan fingerprint density at radius 1 is 1.31 bits per heavy atom. The summed E-state index contributed by atoms with van der Waals surface area (Å²) in [5, 5.41) is 0. The lowest BCUT2D eigenvalue weighted by atomic mass is 10.1. The highest BCUT2D eigenvalue weighted by atomic mass is 16.5. The molecule has 0 amide bonds. The molecule has 0 unspecified atom stereocenters. The maximum absolute atomic E-state index is 11.4. The lowest BCUT2D eigenvalue weighted by Gasteiger charge is -2.05. The van der Waals surface area contributed by atoms with Crippen molar-refractivity contribution in [2.75, 3.05) is 13.2 Å². The molecule has 0 saturated carbocycles. The van der Waals surface area contributed by atoms with Crippen molar-refractivity contribution in [3.05, 3.63) is 11.6 Å². The van der Waals surface area contributed by atoms with Crippen LogP contribution in [0, 0.1) is 5.92 Å². The second kappa shape index (κ2) is 6.30. The standard InChI is InChI=1S/C12H18O4/c1-3-15-11(13)8-9-5-6-10(7-9)12(14)16-4-2/h7,9H,3-6,8H2,1-2H3/t9-/m1/s1. The van der Waals surface area contributed by atoms with Crippen molar-refractivity contribution in [3.63, 3.8) is 0 Å². The van der Waals surface area contributed by atoms with Gasteiger partial charge in [-0.1, -0.05) is 6.08 Å². The number of ether oxygens (including phenoxy) is 2. The molecule has 0 aliphatic heterocycles. The van der Waals surface area contributed by atoms with Crippen LogP contribution in [0.3, 0.4) is 0 Å². The second-order valence-electron chi connectivity index (χ2n) is 3.72. The van der Waals surface area contributed by atoms with Crippen LogP contribution < -0.4 is 0 Å². The summed E-state index contributed by atoms with van der Waals surface area (Å²) in [6.45, 7) is 4.36. The molecule has 4 nitrogen and oxygen atoms in total. The average Bonchev–Trinajstić information content (AvgIpc) is 2.67. The van der Waals surface area contributed by atoms with Gasteiger partial charge in [-0.2, -0.15) is 0 Å². The lowest BCUT2D eigenvalue weighted by molar-refractivity contribution is -0.144. The van der Waals surface area contributed by atoms with Gasteiger partial charge in [-0.05, 0) is 32.6 Å². The summed E-state index contributed by atoms with van der Waals surface area (Å²) in [4.78, 5) is 22.6. The molecular formula is C12H18O4. The lowest BCUT2D eigenvalue weighted by Crippen LogP contribution is -2.08. The van der Waals surface area contributed by atoms with Crippen LogP contribution in [-0.2, 0) is 19.1 Å².